The molecule has 0 atom stereocenters. The van der Waals surface area contributed by atoms with Crippen LogP contribution in [-0.4, -0.2) is 30.0 Å². The normalized spacial score (nSPS) is 11.3. The van der Waals surface area contributed by atoms with Crippen LogP contribution in [0.15, 0.2) is 48.7 Å². The SMILES string of the molecule is Cc1cccc(C)c1-c1cn(CCCn2nnc3ccccc32)nn1. The standard InChI is InChI=1S/C19H20N6/c1-14-7-5-8-15(2)19(14)17-13-24(22-21-17)11-6-12-25-18-10-4-3-9-16(18)20-23-25/h3-5,7-10,13H,6,11-12H2,1-2H3. The van der Waals surface area contributed by atoms with E-state index in [0.717, 1.165) is 36.2 Å². The Hall–Kier alpha value is -3.02. The Kier molecular flexibility index (Phi) is 4.01. The van der Waals surface area contributed by atoms with E-state index in [2.05, 4.69) is 52.7 Å². The number of fused-ring (bicyclic) bond motifs is 1. The third-order valence-corrected chi connectivity index (χ3v) is 4.45. The highest BCUT2D eigenvalue weighted by molar-refractivity contribution is 5.73. The highest BCUT2D eigenvalue weighted by atomic mass is 15.4. The Morgan fingerprint density at radius 2 is 1.64 bits per heavy atom. The molecule has 0 unspecified atom stereocenters. The average molecular weight is 332 g/mol. The molecule has 4 rings (SSSR count). The molecule has 0 aliphatic rings. The lowest BCUT2D eigenvalue weighted by molar-refractivity contribution is 0.492. The van der Waals surface area contributed by atoms with Crippen molar-refractivity contribution in [1.29, 1.82) is 0 Å². The molecule has 6 nitrogen and oxygen atoms in total. The molecule has 0 aliphatic heterocycles. The van der Waals surface area contributed by atoms with Crippen molar-refractivity contribution in [3.8, 4) is 11.3 Å². The van der Waals surface area contributed by atoms with Crippen molar-refractivity contribution < 1.29 is 0 Å². The summed E-state index contributed by atoms with van der Waals surface area (Å²) in [7, 11) is 0. The fraction of sp³-hybridized carbons (Fsp3) is 0.263. The maximum atomic E-state index is 4.35. The van der Waals surface area contributed by atoms with Crippen LogP contribution in [0.25, 0.3) is 22.3 Å². The first kappa shape index (κ1) is 15.5. The van der Waals surface area contributed by atoms with E-state index >= 15 is 0 Å². The van der Waals surface area contributed by atoms with Crippen molar-refractivity contribution >= 4 is 11.0 Å². The fourth-order valence-electron chi connectivity index (χ4n) is 3.21. The molecule has 25 heavy (non-hydrogen) atoms. The van der Waals surface area contributed by atoms with E-state index in [1.165, 1.54) is 16.7 Å². The van der Waals surface area contributed by atoms with E-state index in [0.29, 0.717) is 0 Å². The van der Waals surface area contributed by atoms with Gasteiger partial charge in [-0.1, -0.05) is 40.8 Å². The number of hydrogen-bond acceptors (Lipinski definition) is 4. The van der Waals surface area contributed by atoms with Crippen LogP contribution >= 0.6 is 0 Å². The summed E-state index contributed by atoms with van der Waals surface area (Å²) in [5, 5.41) is 17.0. The van der Waals surface area contributed by atoms with Gasteiger partial charge in [-0.2, -0.15) is 0 Å². The fourth-order valence-corrected chi connectivity index (χ4v) is 3.21. The number of nitrogens with zero attached hydrogens (tertiary/aromatic N) is 6. The molecule has 2 aromatic carbocycles. The Labute approximate surface area is 146 Å². The van der Waals surface area contributed by atoms with E-state index in [9.17, 15) is 0 Å². The number of aromatic nitrogens is 6. The topological polar surface area (TPSA) is 61.4 Å². The lowest BCUT2D eigenvalue weighted by Crippen LogP contribution is -2.06. The van der Waals surface area contributed by atoms with Gasteiger partial charge < -0.3 is 0 Å². The van der Waals surface area contributed by atoms with Gasteiger partial charge in [-0.15, -0.1) is 10.2 Å². The summed E-state index contributed by atoms with van der Waals surface area (Å²) >= 11 is 0. The molecular weight excluding hydrogens is 312 g/mol. The molecule has 126 valence electrons. The minimum absolute atomic E-state index is 0.798. The molecule has 0 radical (unpaired) electrons. The predicted molar refractivity (Wildman–Crippen MR) is 97.1 cm³/mol. The van der Waals surface area contributed by atoms with Gasteiger partial charge in [0, 0.05) is 18.7 Å². The molecule has 0 aliphatic carbocycles. The summed E-state index contributed by atoms with van der Waals surface area (Å²) in [6.45, 7) is 5.82. The van der Waals surface area contributed by atoms with Gasteiger partial charge in [0.2, 0.25) is 0 Å². The molecule has 0 saturated heterocycles. The second-order valence-electron chi connectivity index (χ2n) is 6.29. The minimum atomic E-state index is 0.798. The lowest BCUT2D eigenvalue weighted by atomic mass is 10.0. The van der Waals surface area contributed by atoms with E-state index in [-0.39, 0.29) is 0 Å². The Balaban J connectivity index is 1.45. The Bertz CT molecular complexity index is 993. The van der Waals surface area contributed by atoms with Crippen molar-refractivity contribution in [2.24, 2.45) is 0 Å². The predicted octanol–water partition coefficient (Wildman–Crippen LogP) is 3.40. The van der Waals surface area contributed by atoms with Crippen LogP contribution in [-0.2, 0) is 13.1 Å². The van der Waals surface area contributed by atoms with E-state index in [4.69, 9.17) is 0 Å². The molecule has 0 saturated carbocycles. The van der Waals surface area contributed by atoms with Gasteiger partial charge in [-0.25, -0.2) is 4.68 Å². The Morgan fingerprint density at radius 1 is 0.840 bits per heavy atom. The largest absolute Gasteiger partial charge is 0.252 e. The van der Waals surface area contributed by atoms with Gasteiger partial charge >= 0.3 is 0 Å². The zero-order valence-electron chi connectivity index (χ0n) is 14.4. The molecule has 2 aromatic heterocycles. The van der Waals surface area contributed by atoms with Crippen LogP contribution in [0.1, 0.15) is 17.5 Å². The second-order valence-corrected chi connectivity index (χ2v) is 6.29. The monoisotopic (exact) mass is 332 g/mol. The van der Waals surface area contributed by atoms with Crippen LogP contribution in [0.3, 0.4) is 0 Å². The van der Waals surface area contributed by atoms with Gasteiger partial charge in [0.25, 0.3) is 0 Å². The highest BCUT2D eigenvalue weighted by Gasteiger charge is 2.10. The first-order valence-electron chi connectivity index (χ1n) is 8.47. The smallest absolute Gasteiger partial charge is 0.113 e. The van der Waals surface area contributed by atoms with E-state index in [1.54, 1.807) is 0 Å². The summed E-state index contributed by atoms with van der Waals surface area (Å²) in [6, 6.07) is 14.3. The second kappa shape index (κ2) is 6.47. The van der Waals surface area contributed by atoms with E-state index < -0.39 is 0 Å². The highest BCUT2D eigenvalue weighted by Crippen LogP contribution is 2.24. The van der Waals surface area contributed by atoms with Crippen molar-refractivity contribution in [3.63, 3.8) is 0 Å². The Morgan fingerprint density at radius 3 is 2.48 bits per heavy atom. The number of hydrogen-bond donors (Lipinski definition) is 0. The van der Waals surface area contributed by atoms with Gasteiger partial charge in [0.1, 0.15) is 11.2 Å². The molecule has 6 heteroatoms. The number of benzene rings is 2. The molecule has 0 spiro atoms. The molecule has 0 amide bonds. The van der Waals surface area contributed by atoms with E-state index in [1.807, 2.05) is 39.8 Å². The van der Waals surface area contributed by atoms with Gasteiger partial charge in [0.05, 0.1) is 11.7 Å². The van der Waals surface area contributed by atoms with Crippen molar-refractivity contribution in [2.45, 2.75) is 33.4 Å². The van der Waals surface area contributed by atoms with Gasteiger partial charge in [0.15, 0.2) is 0 Å². The molecule has 4 aromatic rings. The van der Waals surface area contributed by atoms with Crippen molar-refractivity contribution in [1.82, 2.24) is 30.0 Å². The van der Waals surface area contributed by atoms with Crippen LogP contribution in [0.5, 0.6) is 0 Å². The third-order valence-electron chi connectivity index (χ3n) is 4.45. The molecule has 2 heterocycles. The van der Waals surface area contributed by atoms with Crippen LogP contribution in [0.4, 0.5) is 0 Å². The summed E-state index contributed by atoms with van der Waals surface area (Å²) in [5.41, 5.74) is 6.55. The van der Waals surface area contributed by atoms with Crippen LogP contribution < -0.4 is 0 Å². The zero-order chi connectivity index (χ0) is 17.2. The molecule has 0 bridgehead atoms. The molecular formula is C19H20N6. The van der Waals surface area contributed by atoms with Gasteiger partial charge in [-0.05, 0) is 43.5 Å². The maximum Gasteiger partial charge on any atom is 0.113 e. The first-order valence-corrected chi connectivity index (χ1v) is 8.47. The lowest BCUT2D eigenvalue weighted by Gasteiger charge is -2.05. The molecule has 0 fully saturated rings. The quantitative estimate of drug-likeness (QED) is 0.562. The maximum absolute atomic E-state index is 4.35. The van der Waals surface area contributed by atoms with Crippen molar-refractivity contribution in [2.75, 3.05) is 0 Å². The number of rotatable bonds is 5. The molecule has 0 N–H and O–H groups in total. The average Bonchev–Trinajstić information content (AvgIpc) is 3.23. The summed E-state index contributed by atoms with van der Waals surface area (Å²) in [5.74, 6) is 0. The minimum Gasteiger partial charge on any atom is -0.252 e. The van der Waals surface area contributed by atoms with Gasteiger partial charge in [-0.3, -0.25) is 4.68 Å². The summed E-state index contributed by atoms with van der Waals surface area (Å²) in [4.78, 5) is 0. The third kappa shape index (κ3) is 3.03. The zero-order valence-corrected chi connectivity index (χ0v) is 14.4. The van der Waals surface area contributed by atoms with Crippen LogP contribution in [0, 0.1) is 13.8 Å². The summed E-state index contributed by atoms with van der Waals surface area (Å²) < 4.78 is 3.85. The first-order chi connectivity index (χ1) is 12.2. The van der Waals surface area contributed by atoms with Crippen molar-refractivity contribution in [3.05, 3.63) is 59.8 Å². The number of aryl methyl sites for hydroxylation is 4. The van der Waals surface area contributed by atoms with Crippen LogP contribution in [0.2, 0.25) is 0 Å². The number of para-hydroxylation sites is 1. The summed E-state index contributed by atoms with van der Waals surface area (Å²) in [6.07, 6.45) is 2.94.